The standard InChI is InChI=1S/C25H26N2O3S/c1-3-19-7-6-10-22(15-19)26-25(28)24-16-20-8-4-5-9-21(20)17-27(24)31(29,30)23-13-11-18(2)12-14-23/h4-15,24H,3,16-17H2,1-2H3,(H,26,28)/t24-/m0/s1. The number of hydrogen-bond acceptors (Lipinski definition) is 3. The molecule has 0 radical (unpaired) electrons. The molecule has 4 rings (SSSR count). The number of nitrogens with zero attached hydrogens (tertiary/aromatic N) is 1. The summed E-state index contributed by atoms with van der Waals surface area (Å²) in [6.07, 6.45) is 1.19. The average molecular weight is 435 g/mol. The highest BCUT2D eigenvalue weighted by molar-refractivity contribution is 7.89. The van der Waals surface area contributed by atoms with Crippen molar-refractivity contribution in [3.8, 4) is 0 Å². The van der Waals surface area contributed by atoms with Crippen LogP contribution in [-0.4, -0.2) is 24.7 Å². The molecular formula is C25H26N2O3S. The van der Waals surface area contributed by atoms with Crippen LogP contribution in [0.2, 0.25) is 0 Å². The van der Waals surface area contributed by atoms with Crippen molar-refractivity contribution in [1.29, 1.82) is 0 Å². The molecule has 0 spiro atoms. The summed E-state index contributed by atoms with van der Waals surface area (Å²) in [6.45, 7) is 4.13. The van der Waals surface area contributed by atoms with Gasteiger partial charge in [0.25, 0.3) is 0 Å². The summed E-state index contributed by atoms with van der Waals surface area (Å²) < 4.78 is 28.4. The zero-order valence-corrected chi connectivity index (χ0v) is 18.5. The zero-order chi connectivity index (χ0) is 22.0. The van der Waals surface area contributed by atoms with Gasteiger partial charge in [0, 0.05) is 12.2 Å². The van der Waals surface area contributed by atoms with E-state index in [1.807, 2.05) is 55.5 Å². The molecule has 0 aromatic heterocycles. The predicted octanol–water partition coefficient (Wildman–Crippen LogP) is 4.31. The Kier molecular flexibility index (Phi) is 5.94. The SMILES string of the molecule is CCc1cccc(NC(=O)[C@@H]2Cc3ccccc3CN2S(=O)(=O)c2ccc(C)cc2)c1. The van der Waals surface area contributed by atoms with Gasteiger partial charge in [0.05, 0.1) is 4.90 Å². The second-order valence-corrected chi connectivity index (χ2v) is 9.79. The lowest BCUT2D eigenvalue weighted by Crippen LogP contribution is -2.50. The van der Waals surface area contributed by atoms with Gasteiger partial charge in [-0.3, -0.25) is 4.79 Å². The molecule has 1 amide bonds. The van der Waals surface area contributed by atoms with E-state index in [9.17, 15) is 13.2 Å². The largest absolute Gasteiger partial charge is 0.325 e. The van der Waals surface area contributed by atoms with Gasteiger partial charge in [-0.1, -0.05) is 61.0 Å². The van der Waals surface area contributed by atoms with Crippen LogP contribution in [0.1, 0.15) is 29.2 Å². The molecule has 1 aliphatic rings. The summed E-state index contributed by atoms with van der Waals surface area (Å²) >= 11 is 0. The Balaban J connectivity index is 1.70. The number of hydrogen-bond donors (Lipinski definition) is 1. The number of carbonyl (C=O) groups is 1. The summed E-state index contributed by atoms with van der Waals surface area (Å²) in [7, 11) is -3.85. The van der Waals surface area contributed by atoms with Gasteiger partial charge in [-0.2, -0.15) is 4.31 Å². The number of nitrogens with one attached hydrogen (secondary N) is 1. The van der Waals surface area contributed by atoms with Gasteiger partial charge in [0.2, 0.25) is 15.9 Å². The fourth-order valence-electron chi connectivity index (χ4n) is 3.92. The first kappa shape index (κ1) is 21.3. The van der Waals surface area contributed by atoms with Gasteiger partial charge in [0.15, 0.2) is 0 Å². The van der Waals surface area contributed by atoms with Crippen molar-refractivity contribution in [2.75, 3.05) is 5.32 Å². The fraction of sp³-hybridized carbons (Fsp3) is 0.240. The first-order valence-electron chi connectivity index (χ1n) is 10.4. The fourth-order valence-corrected chi connectivity index (χ4v) is 5.48. The van der Waals surface area contributed by atoms with Gasteiger partial charge in [0.1, 0.15) is 6.04 Å². The smallest absolute Gasteiger partial charge is 0.244 e. The lowest BCUT2D eigenvalue weighted by molar-refractivity contribution is -0.120. The maximum Gasteiger partial charge on any atom is 0.244 e. The van der Waals surface area contributed by atoms with Crippen molar-refractivity contribution < 1.29 is 13.2 Å². The Morgan fingerprint density at radius 2 is 1.71 bits per heavy atom. The summed E-state index contributed by atoms with van der Waals surface area (Å²) in [6, 6.07) is 21.3. The number of sulfonamides is 1. The molecule has 1 N–H and O–H groups in total. The van der Waals surface area contributed by atoms with Crippen LogP contribution in [0.4, 0.5) is 5.69 Å². The lowest BCUT2D eigenvalue weighted by Gasteiger charge is -2.35. The van der Waals surface area contributed by atoms with Crippen LogP contribution < -0.4 is 5.32 Å². The summed E-state index contributed by atoms with van der Waals surface area (Å²) in [4.78, 5) is 13.5. The predicted molar refractivity (Wildman–Crippen MR) is 122 cm³/mol. The third-order valence-electron chi connectivity index (χ3n) is 5.74. The molecule has 1 heterocycles. The molecule has 160 valence electrons. The maximum absolute atomic E-state index is 13.5. The summed E-state index contributed by atoms with van der Waals surface area (Å²) in [5.41, 5.74) is 4.69. The van der Waals surface area contributed by atoms with Crippen LogP contribution in [0.5, 0.6) is 0 Å². The first-order chi connectivity index (χ1) is 14.9. The zero-order valence-electron chi connectivity index (χ0n) is 17.7. The monoisotopic (exact) mass is 434 g/mol. The van der Waals surface area contributed by atoms with Crippen molar-refractivity contribution in [3.05, 3.63) is 95.1 Å². The van der Waals surface area contributed by atoms with E-state index in [0.29, 0.717) is 12.1 Å². The molecule has 0 aliphatic carbocycles. The number of aryl methyl sites for hydroxylation is 2. The van der Waals surface area contributed by atoms with Crippen LogP contribution in [0, 0.1) is 6.92 Å². The van der Waals surface area contributed by atoms with Crippen LogP contribution >= 0.6 is 0 Å². The van der Waals surface area contributed by atoms with Crippen molar-refractivity contribution in [2.24, 2.45) is 0 Å². The molecule has 1 aliphatic heterocycles. The van der Waals surface area contributed by atoms with Crippen LogP contribution in [0.15, 0.2) is 77.7 Å². The number of anilines is 1. The molecule has 0 saturated carbocycles. The number of rotatable bonds is 5. The normalized spacial score (nSPS) is 16.5. The Hall–Kier alpha value is -2.96. The molecule has 6 heteroatoms. The third kappa shape index (κ3) is 4.40. The molecule has 5 nitrogen and oxygen atoms in total. The number of amides is 1. The minimum Gasteiger partial charge on any atom is -0.325 e. The van der Waals surface area contributed by atoms with E-state index in [4.69, 9.17) is 0 Å². The van der Waals surface area contributed by atoms with Crippen molar-refractivity contribution in [2.45, 2.75) is 44.2 Å². The van der Waals surface area contributed by atoms with Gasteiger partial charge in [-0.15, -0.1) is 0 Å². The highest BCUT2D eigenvalue weighted by Crippen LogP contribution is 2.30. The van der Waals surface area contributed by atoms with E-state index in [2.05, 4.69) is 12.2 Å². The molecule has 0 saturated heterocycles. The van der Waals surface area contributed by atoms with E-state index >= 15 is 0 Å². The number of carbonyl (C=O) groups excluding carboxylic acids is 1. The second kappa shape index (κ2) is 8.65. The highest BCUT2D eigenvalue weighted by Gasteiger charge is 2.39. The molecule has 3 aromatic carbocycles. The summed E-state index contributed by atoms with van der Waals surface area (Å²) in [5, 5.41) is 2.93. The molecule has 1 atom stereocenters. The third-order valence-corrected chi connectivity index (χ3v) is 7.61. The highest BCUT2D eigenvalue weighted by atomic mass is 32.2. The van der Waals surface area contributed by atoms with E-state index in [0.717, 1.165) is 28.7 Å². The van der Waals surface area contributed by atoms with Crippen LogP contribution in [-0.2, 0) is 34.2 Å². The van der Waals surface area contributed by atoms with E-state index in [1.54, 1.807) is 24.3 Å². The quantitative estimate of drug-likeness (QED) is 0.651. The lowest BCUT2D eigenvalue weighted by atomic mass is 9.95. The molecule has 31 heavy (non-hydrogen) atoms. The molecule has 0 bridgehead atoms. The van der Waals surface area contributed by atoms with Crippen LogP contribution in [0.3, 0.4) is 0 Å². The Labute approximate surface area is 183 Å². The van der Waals surface area contributed by atoms with Crippen LogP contribution in [0.25, 0.3) is 0 Å². The summed E-state index contributed by atoms with van der Waals surface area (Å²) in [5.74, 6) is -0.321. The Morgan fingerprint density at radius 3 is 2.42 bits per heavy atom. The first-order valence-corrected chi connectivity index (χ1v) is 11.9. The van der Waals surface area contributed by atoms with E-state index in [1.165, 1.54) is 4.31 Å². The van der Waals surface area contributed by atoms with E-state index < -0.39 is 16.1 Å². The van der Waals surface area contributed by atoms with Gasteiger partial charge in [-0.25, -0.2) is 8.42 Å². The molecular weight excluding hydrogens is 408 g/mol. The minimum atomic E-state index is -3.85. The van der Waals surface area contributed by atoms with Gasteiger partial charge in [-0.05, 0) is 60.7 Å². The number of benzene rings is 3. The maximum atomic E-state index is 13.5. The topological polar surface area (TPSA) is 66.5 Å². The van der Waals surface area contributed by atoms with Gasteiger partial charge < -0.3 is 5.32 Å². The van der Waals surface area contributed by atoms with Crippen molar-refractivity contribution >= 4 is 21.6 Å². The molecule has 0 fully saturated rings. The van der Waals surface area contributed by atoms with Gasteiger partial charge >= 0.3 is 0 Å². The molecule has 3 aromatic rings. The Bertz CT molecular complexity index is 1200. The Morgan fingerprint density at radius 1 is 1.00 bits per heavy atom. The van der Waals surface area contributed by atoms with E-state index in [-0.39, 0.29) is 17.3 Å². The molecule has 0 unspecified atom stereocenters. The second-order valence-electron chi connectivity index (χ2n) is 7.90. The van der Waals surface area contributed by atoms with Crippen molar-refractivity contribution in [3.63, 3.8) is 0 Å². The minimum absolute atomic E-state index is 0.166. The van der Waals surface area contributed by atoms with Crippen molar-refractivity contribution in [1.82, 2.24) is 4.31 Å². The average Bonchev–Trinajstić information content (AvgIpc) is 2.78. The number of fused-ring (bicyclic) bond motifs is 1.